The van der Waals surface area contributed by atoms with Crippen LogP contribution in [0.2, 0.25) is 0 Å². The lowest BCUT2D eigenvalue weighted by Crippen LogP contribution is -1.98. The molecular formula is C22H19N3. The fourth-order valence-corrected chi connectivity index (χ4v) is 3.13. The summed E-state index contributed by atoms with van der Waals surface area (Å²) in [5.41, 5.74) is 4.64. The zero-order valence-corrected chi connectivity index (χ0v) is 14.6. The van der Waals surface area contributed by atoms with E-state index in [1.165, 1.54) is 21.9 Å². The van der Waals surface area contributed by atoms with E-state index in [0.717, 1.165) is 28.6 Å². The van der Waals surface area contributed by atoms with Crippen LogP contribution in [-0.4, -0.2) is 15.0 Å². The molecule has 4 aromatic rings. The predicted molar refractivity (Wildman–Crippen MR) is 102 cm³/mol. The van der Waals surface area contributed by atoms with E-state index in [0.29, 0.717) is 0 Å². The number of aryl methyl sites for hydroxylation is 3. The average molecular weight is 325 g/mol. The molecule has 0 aliphatic heterocycles. The number of nitrogens with zero attached hydrogens (tertiary/aromatic N) is 3. The standard InChI is InChI=1S/C22H19N3/c1-14-7-8-17-9-10-19(13-21(17)11-14)18-5-4-6-20(12-18)22-24-15(2)23-16(3)25-22/h4-13H,1-3H3. The molecule has 0 radical (unpaired) electrons. The molecule has 0 amide bonds. The molecule has 25 heavy (non-hydrogen) atoms. The predicted octanol–water partition coefficient (Wildman–Crippen LogP) is 5.28. The molecular weight excluding hydrogens is 306 g/mol. The van der Waals surface area contributed by atoms with Gasteiger partial charge in [0, 0.05) is 5.56 Å². The van der Waals surface area contributed by atoms with Crippen LogP contribution in [0.15, 0.2) is 60.7 Å². The van der Waals surface area contributed by atoms with Gasteiger partial charge in [0.2, 0.25) is 0 Å². The van der Waals surface area contributed by atoms with Gasteiger partial charge < -0.3 is 0 Å². The van der Waals surface area contributed by atoms with Crippen molar-refractivity contribution in [1.82, 2.24) is 15.0 Å². The number of fused-ring (bicyclic) bond motifs is 1. The molecule has 0 atom stereocenters. The monoisotopic (exact) mass is 325 g/mol. The van der Waals surface area contributed by atoms with Crippen LogP contribution in [0.4, 0.5) is 0 Å². The minimum absolute atomic E-state index is 0.725. The van der Waals surface area contributed by atoms with Crippen molar-refractivity contribution in [2.75, 3.05) is 0 Å². The van der Waals surface area contributed by atoms with Gasteiger partial charge in [-0.2, -0.15) is 0 Å². The summed E-state index contributed by atoms with van der Waals surface area (Å²) in [6, 6.07) is 21.5. The van der Waals surface area contributed by atoms with Gasteiger partial charge in [-0.3, -0.25) is 0 Å². The summed E-state index contributed by atoms with van der Waals surface area (Å²) < 4.78 is 0. The number of hydrogen-bond donors (Lipinski definition) is 0. The Balaban J connectivity index is 1.81. The topological polar surface area (TPSA) is 38.7 Å². The fourth-order valence-electron chi connectivity index (χ4n) is 3.13. The number of benzene rings is 3. The smallest absolute Gasteiger partial charge is 0.163 e. The quantitative estimate of drug-likeness (QED) is 0.503. The Bertz CT molecular complexity index is 1060. The van der Waals surface area contributed by atoms with E-state index in [-0.39, 0.29) is 0 Å². The van der Waals surface area contributed by atoms with E-state index < -0.39 is 0 Å². The van der Waals surface area contributed by atoms with Crippen molar-refractivity contribution in [2.24, 2.45) is 0 Å². The van der Waals surface area contributed by atoms with Crippen molar-refractivity contribution in [1.29, 1.82) is 0 Å². The van der Waals surface area contributed by atoms with Crippen molar-refractivity contribution < 1.29 is 0 Å². The molecule has 0 bridgehead atoms. The third kappa shape index (κ3) is 3.13. The summed E-state index contributed by atoms with van der Waals surface area (Å²) in [5.74, 6) is 2.21. The van der Waals surface area contributed by atoms with Crippen molar-refractivity contribution in [3.8, 4) is 22.5 Å². The molecule has 1 heterocycles. The van der Waals surface area contributed by atoms with Gasteiger partial charge in [0.05, 0.1) is 0 Å². The largest absolute Gasteiger partial charge is 0.219 e. The highest BCUT2D eigenvalue weighted by atomic mass is 15.0. The lowest BCUT2D eigenvalue weighted by molar-refractivity contribution is 0.928. The van der Waals surface area contributed by atoms with E-state index in [4.69, 9.17) is 0 Å². The maximum absolute atomic E-state index is 4.48. The van der Waals surface area contributed by atoms with Gasteiger partial charge in [0.1, 0.15) is 11.6 Å². The summed E-state index contributed by atoms with van der Waals surface area (Å²) in [6.07, 6.45) is 0. The SMILES string of the molecule is Cc1ccc2ccc(-c3cccc(-c4nc(C)nc(C)n4)c3)cc2c1. The second-order valence-electron chi connectivity index (χ2n) is 6.40. The average Bonchev–Trinajstić information content (AvgIpc) is 2.60. The van der Waals surface area contributed by atoms with Crippen molar-refractivity contribution in [2.45, 2.75) is 20.8 Å². The Morgan fingerprint density at radius 3 is 2.04 bits per heavy atom. The van der Waals surface area contributed by atoms with Gasteiger partial charge in [-0.1, -0.05) is 54.1 Å². The molecule has 3 heteroatoms. The van der Waals surface area contributed by atoms with Gasteiger partial charge in [0.15, 0.2) is 5.82 Å². The number of rotatable bonds is 2. The third-order valence-electron chi connectivity index (χ3n) is 4.31. The third-order valence-corrected chi connectivity index (χ3v) is 4.31. The Hall–Kier alpha value is -3.07. The van der Waals surface area contributed by atoms with E-state index in [1.807, 2.05) is 19.9 Å². The van der Waals surface area contributed by atoms with Gasteiger partial charge in [-0.25, -0.2) is 15.0 Å². The first kappa shape index (κ1) is 15.5. The molecule has 0 unspecified atom stereocenters. The summed E-state index contributed by atoms with van der Waals surface area (Å²) >= 11 is 0. The van der Waals surface area contributed by atoms with Gasteiger partial charge in [0.25, 0.3) is 0 Å². The maximum Gasteiger partial charge on any atom is 0.163 e. The zero-order chi connectivity index (χ0) is 17.4. The Morgan fingerprint density at radius 1 is 0.560 bits per heavy atom. The van der Waals surface area contributed by atoms with Crippen LogP contribution in [-0.2, 0) is 0 Å². The number of aromatic nitrogens is 3. The Labute approximate surface area is 147 Å². The Morgan fingerprint density at radius 2 is 1.24 bits per heavy atom. The summed E-state index contributed by atoms with van der Waals surface area (Å²) in [6.45, 7) is 5.92. The van der Waals surface area contributed by atoms with Crippen LogP contribution in [0, 0.1) is 20.8 Å². The normalized spacial score (nSPS) is 11.0. The molecule has 3 nitrogen and oxygen atoms in total. The molecule has 0 fully saturated rings. The highest BCUT2D eigenvalue weighted by molar-refractivity contribution is 5.88. The van der Waals surface area contributed by atoms with E-state index in [2.05, 4.69) is 76.5 Å². The summed E-state index contributed by atoms with van der Waals surface area (Å²) in [5, 5.41) is 2.52. The fraction of sp³-hybridized carbons (Fsp3) is 0.136. The van der Waals surface area contributed by atoms with Crippen molar-refractivity contribution >= 4 is 10.8 Å². The minimum atomic E-state index is 0.725. The van der Waals surface area contributed by atoms with Crippen molar-refractivity contribution in [3.05, 3.63) is 77.9 Å². The first-order chi connectivity index (χ1) is 12.1. The molecule has 4 rings (SSSR count). The molecule has 0 saturated carbocycles. The van der Waals surface area contributed by atoms with Crippen LogP contribution in [0.5, 0.6) is 0 Å². The molecule has 0 N–H and O–H groups in total. The van der Waals surface area contributed by atoms with Crippen LogP contribution < -0.4 is 0 Å². The van der Waals surface area contributed by atoms with Crippen LogP contribution in [0.1, 0.15) is 17.2 Å². The summed E-state index contributed by atoms with van der Waals surface area (Å²) in [4.78, 5) is 13.2. The van der Waals surface area contributed by atoms with Crippen LogP contribution >= 0.6 is 0 Å². The van der Waals surface area contributed by atoms with Crippen LogP contribution in [0.25, 0.3) is 33.3 Å². The first-order valence-corrected chi connectivity index (χ1v) is 8.39. The van der Waals surface area contributed by atoms with Crippen molar-refractivity contribution in [3.63, 3.8) is 0 Å². The molecule has 0 aliphatic rings. The molecule has 122 valence electrons. The minimum Gasteiger partial charge on any atom is -0.219 e. The zero-order valence-electron chi connectivity index (χ0n) is 14.6. The van der Waals surface area contributed by atoms with E-state index in [9.17, 15) is 0 Å². The van der Waals surface area contributed by atoms with E-state index >= 15 is 0 Å². The lowest BCUT2D eigenvalue weighted by atomic mass is 9.99. The first-order valence-electron chi connectivity index (χ1n) is 8.39. The van der Waals surface area contributed by atoms with Gasteiger partial charge in [-0.15, -0.1) is 0 Å². The molecule has 0 aliphatic carbocycles. The maximum atomic E-state index is 4.48. The van der Waals surface area contributed by atoms with Gasteiger partial charge >= 0.3 is 0 Å². The molecule has 0 saturated heterocycles. The lowest BCUT2D eigenvalue weighted by Gasteiger charge is -2.08. The van der Waals surface area contributed by atoms with E-state index in [1.54, 1.807) is 0 Å². The molecule has 1 aromatic heterocycles. The summed E-state index contributed by atoms with van der Waals surface area (Å²) in [7, 11) is 0. The number of hydrogen-bond acceptors (Lipinski definition) is 3. The molecule has 3 aromatic carbocycles. The second kappa shape index (κ2) is 6.10. The second-order valence-corrected chi connectivity index (χ2v) is 6.40. The van der Waals surface area contributed by atoms with Gasteiger partial charge in [-0.05, 0) is 54.8 Å². The molecule has 0 spiro atoms. The Kier molecular flexibility index (Phi) is 3.77. The highest BCUT2D eigenvalue weighted by Crippen LogP contribution is 2.28. The highest BCUT2D eigenvalue weighted by Gasteiger charge is 2.07. The van der Waals surface area contributed by atoms with Crippen LogP contribution in [0.3, 0.4) is 0 Å².